The Labute approximate surface area is 127 Å². The molecule has 1 heterocycles. The average molecular weight is 294 g/mol. The number of hydrogen-bond donors (Lipinski definition) is 1. The minimum Gasteiger partial charge on any atom is -0.354 e. The predicted molar refractivity (Wildman–Crippen MR) is 86.2 cm³/mol. The number of carbonyl (C=O) groups is 1. The molecule has 0 amide bonds. The first-order chi connectivity index (χ1) is 10.5. The number of Topliss-reactive ketones (excluding diaryl/α,β-unsaturated/α-hetero) is 1. The third-order valence-corrected chi connectivity index (χ3v) is 3.47. The average Bonchev–Trinajstić information content (AvgIpc) is 2.48. The molecule has 0 unspecified atom stereocenters. The zero-order chi connectivity index (χ0) is 15.7. The topological polar surface area (TPSA) is 42.0 Å². The number of nitrogens with zero attached hydrogens (tertiary/aromatic N) is 1. The Morgan fingerprint density at radius 3 is 2.64 bits per heavy atom. The number of aromatic nitrogens is 1. The Bertz CT molecular complexity index is 874. The lowest BCUT2D eigenvalue weighted by Gasteiger charge is -2.13. The van der Waals surface area contributed by atoms with Gasteiger partial charge in [0, 0.05) is 28.0 Å². The van der Waals surface area contributed by atoms with Gasteiger partial charge >= 0.3 is 0 Å². The van der Waals surface area contributed by atoms with Crippen molar-refractivity contribution >= 4 is 28.1 Å². The molecule has 0 aliphatic rings. The second-order valence-corrected chi connectivity index (χ2v) is 5.20. The molecule has 110 valence electrons. The molecule has 3 rings (SSSR count). The van der Waals surface area contributed by atoms with Crippen LogP contribution in [0, 0.1) is 12.7 Å². The highest BCUT2D eigenvalue weighted by atomic mass is 19.1. The molecule has 0 fully saturated rings. The number of para-hydroxylation sites is 1. The molecule has 3 nitrogen and oxygen atoms in total. The van der Waals surface area contributed by atoms with Gasteiger partial charge in [-0.2, -0.15) is 0 Å². The lowest BCUT2D eigenvalue weighted by molar-refractivity contribution is 0.101. The summed E-state index contributed by atoms with van der Waals surface area (Å²) in [5.41, 5.74) is 3.56. The second kappa shape index (κ2) is 5.56. The molecule has 4 heteroatoms. The van der Waals surface area contributed by atoms with Crippen molar-refractivity contribution in [3.63, 3.8) is 0 Å². The van der Waals surface area contributed by atoms with E-state index in [0.29, 0.717) is 22.2 Å². The van der Waals surface area contributed by atoms with E-state index < -0.39 is 0 Å². The van der Waals surface area contributed by atoms with Crippen molar-refractivity contribution in [2.24, 2.45) is 0 Å². The van der Waals surface area contributed by atoms with Crippen LogP contribution < -0.4 is 5.32 Å². The smallest absolute Gasteiger partial charge is 0.161 e. The quantitative estimate of drug-likeness (QED) is 0.716. The molecule has 0 bridgehead atoms. The number of pyridine rings is 1. The summed E-state index contributed by atoms with van der Waals surface area (Å²) in [5, 5.41) is 3.92. The molecule has 0 aliphatic carbocycles. The van der Waals surface area contributed by atoms with Gasteiger partial charge in [0.15, 0.2) is 5.78 Å². The van der Waals surface area contributed by atoms with Crippen LogP contribution in [0.15, 0.2) is 48.5 Å². The van der Waals surface area contributed by atoms with Crippen molar-refractivity contribution in [3.8, 4) is 0 Å². The van der Waals surface area contributed by atoms with Crippen LogP contribution in [-0.2, 0) is 0 Å². The first-order valence-corrected chi connectivity index (χ1v) is 6.98. The van der Waals surface area contributed by atoms with Gasteiger partial charge in [0.25, 0.3) is 0 Å². The SMILES string of the molecule is CC(=O)c1ccccc1Nc1cc(C)nc2ccc(F)cc12. The predicted octanol–water partition coefficient (Wildman–Crippen LogP) is 4.63. The van der Waals surface area contributed by atoms with E-state index >= 15 is 0 Å². The Kier molecular flexibility index (Phi) is 3.59. The van der Waals surface area contributed by atoms with Crippen molar-refractivity contribution < 1.29 is 9.18 Å². The fourth-order valence-corrected chi connectivity index (χ4v) is 2.48. The highest BCUT2D eigenvalue weighted by Gasteiger charge is 2.10. The first kappa shape index (κ1) is 14.2. The minimum absolute atomic E-state index is 0.0237. The van der Waals surface area contributed by atoms with E-state index in [-0.39, 0.29) is 11.6 Å². The van der Waals surface area contributed by atoms with Gasteiger partial charge in [-0.15, -0.1) is 0 Å². The monoisotopic (exact) mass is 294 g/mol. The molecule has 0 radical (unpaired) electrons. The highest BCUT2D eigenvalue weighted by molar-refractivity contribution is 6.02. The van der Waals surface area contributed by atoms with Gasteiger partial charge < -0.3 is 5.32 Å². The summed E-state index contributed by atoms with van der Waals surface area (Å²) in [5.74, 6) is -0.342. The first-order valence-electron chi connectivity index (χ1n) is 6.98. The second-order valence-electron chi connectivity index (χ2n) is 5.20. The number of ketones is 1. The summed E-state index contributed by atoms with van der Waals surface area (Å²) in [6.45, 7) is 3.40. The molecule has 0 saturated carbocycles. The zero-order valence-corrected chi connectivity index (χ0v) is 12.4. The third kappa shape index (κ3) is 2.68. The Morgan fingerprint density at radius 1 is 1.09 bits per heavy atom. The maximum Gasteiger partial charge on any atom is 0.161 e. The Hall–Kier alpha value is -2.75. The van der Waals surface area contributed by atoms with Crippen LogP contribution in [0.25, 0.3) is 10.9 Å². The van der Waals surface area contributed by atoms with Crippen molar-refractivity contribution in [3.05, 3.63) is 65.6 Å². The van der Waals surface area contributed by atoms with E-state index in [1.54, 1.807) is 12.1 Å². The van der Waals surface area contributed by atoms with Crippen LogP contribution in [0.2, 0.25) is 0 Å². The summed E-state index contributed by atoms with van der Waals surface area (Å²) < 4.78 is 13.6. The molecule has 2 aromatic carbocycles. The molecule has 22 heavy (non-hydrogen) atoms. The van der Waals surface area contributed by atoms with Gasteiger partial charge in [-0.3, -0.25) is 9.78 Å². The van der Waals surface area contributed by atoms with Crippen LogP contribution in [0.1, 0.15) is 23.0 Å². The van der Waals surface area contributed by atoms with Crippen molar-refractivity contribution in [1.82, 2.24) is 4.98 Å². The van der Waals surface area contributed by atoms with Crippen molar-refractivity contribution in [2.75, 3.05) is 5.32 Å². The largest absolute Gasteiger partial charge is 0.354 e. The van der Waals surface area contributed by atoms with E-state index in [2.05, 4.69) is 10.3 Å². The molecule has 0 atom stereocenters. The number of hydrogen-bond acceptors (Lipinski definition) is 3. The Morgan fingerprint density at radius 2 is 1.86 bits per heavy atom. The maximum absolute atomic E-state index is 13.6. The lowest BCUT2D eigenvalue weighted by atomic mass is 10.1. The number of rotatable bonds is 3. The third-order valence-electron chi connectivity index (χ3n) is 3.47. The summed E-state index contributed by atoms with van der Waals surface area (Å²) in [4.78, 5) is 16.1. The number of aryl methyl sites for hydroxylation is 1. The van der Waals surface area contributed by atoms with E-state index in [0.717, 1.165) is 11.4 Å². The normalized spacial score (nSPS) is 10.7. The summed E-state index contributed by atoms with van der Waals surface area (Å²) in [6.07, 6.45) is 0. The maximum atomic E-state index is 13.6. The van der Waals surface area contributed by atoms with Gasteiger partial charge in [0.1, 0.15) is 5.82 Å². The zero-order valence-electron chi connectivity index (χ0n) is 12.4. The molecule has 0 aliphatic heterocycles. The van der Waals surface area contributed by atoms with Gasteiger partial charge in [0.05, 0.1) is 5.52 Å². The fourth-order valence-electron chi connectivity index (χ4n) is 2.48. The highest BCUT2D eigenvalue weighted by Crippen LogP contribution is 2.28. The Balaban J connectivity index is 2.15. The van der Waals surface area contributed by atoms with Crippen molar-refractivity contribution in [2.45, 2.75) is 13.8 Å². The summed E-state index contributed by atoms with van der Waals surface area (Å²) in [7, 11) is 0. The van der Waals surface area contributed by atoms with E-state index in [1.165, 1.54) is 19.1 Å². The van der Waals surface area contributed by atoms with Gasteiger partial charge in [-0.1, -0.05) is 12.1 Å². The molecule has 1 aromatic heterocycles. The van der Waals surface area contributed by atoms with Crippen molar-refractivity contribution in [1.29, 1.82) is 0 Å². The molecular formula is C18H15FN2O. The van der Waals surface area contributed by atoms with E-state index in [9.17, 15) is 9.18 Å². The van der Waals surface area contributed by atoms with Gasteiger partial charge in [-0.25, -0.2) is 4.39 Å². The lowest BCUT2D eigenvalue weighted by Crippen LogP contribution is -2.01. The number of carbonyl (C=O) groups excluding carboxylic acids is 1. The number of fused-ring (bicyclic) bond motifs is 1. The molecule has 3 aromatic rings. The van der Waals surface area contributed by atoms with Gasteiger partial charge in [-0.05, 0) is 50.2 Å². The molecule has 1 N–H and O–H groups in total. The number of halogens is 1. The summed E-state index contributed by atoms with van der Waals surface area (Å²) in [6, 6.07) is 13.6. The standard InChI is InChI=1S/C18H15FN2O/c1-11-9-18(15-10-13(19)7-8-17(15)20-11)21-16-6-4-3-5-14(16)12(2)22/h3-10H,1-2H3,(H,20,21). The van der Waals surface area contributed by atoms with Crippen LogP contribution >= 0.6 is 0 Å². The number of benzene rings is 2. The summed E-state index contributed by atoms with van der Waals surface area (Å²) >= 11 is 0. The van der Waals surface area contributed by atoms with Crippen LogP contribution in [0.3, 0.4) is 0 Å². The molecular weight excluding hydrogens is 279 g/mol. The number of anilines is 2. The fraction of sp³-hybridized carbons (Fsp3) is 0.111. The molecule has 0 saturated heterocycles. The van der Waals surface area contributed by atoms with Crippen LogP contribution in [0.5, 0.6) is 0 Å². The number of nitrogens with one attached hydrogen (secondary N) is 1. The van der Waals surface area contributed by atoms with Crippen LogP contribution in [-0.4, -0.2) is 10.8 Å². The van der Waals surface area contributed by atoms with Crippen LogP contribution in [0.4, 0.5) is 15.8 Å². The van der Waals surface area contributed by atoms with Gasteiger partial charge in [0.2, 0.25) is 0 Å². The molecule has 0 spiro atoms. The minimum atomic E-state index is -0.318. The van der Waals surface area contributed by atoms with E-state index in [4.69, 9.17) is 0 Å². The van der Waals surface area contributed by atoms with E-state index in [1.807, 2.05) is 31.2 Å².